The van der Waals surface area contributed by atoms with E-state index in [1.165, 1.54) is 13.2 Å². The second-order valence-electron chi connectivity index (χ2n) is 5.16. The minimum absolute atomic E-state index is 0.0608. The second kappa shape index (κ2) is 5.61. The molecule has 0 aromatic heterocycles. The fraction of sp³-hybridized carbons (Fsp3) is 0.571. The van der Waals surface area contributed by atoms with E-state index in [4.69, 9.17) is 10.5 Å². The molecule has 0 bridgehead atoms. The minimum Gasteiger partial charge on any atom is -0.496 e. The molecular weight excluding hydrogens is 271 g/mol. The summed E-state index contributed by atoms with van der Waals surface area (Å²) < 4.78 is 42.9. The number of aliphatic hydroxyl groups is 1. The summed E-state index contributed by atoms with van der Waals surface area (Å²) in [6.07, 6.45) is -2.33. The SMILES string of the molecule is COc1cc(C(F)(F)F)ccc1[C@@H](N)[C@@H](O)C1CCC1. The molecule has 1 fully saturated rings. The van der Waals surface area contributed by atoms with Crippen molar-refractivity contribution in [2.24, 2.45) is 11.7 Å². The van der Waals surface area contributed by atoms with Gasteiger partial charge in [0.25, 0.3) is 0 Å². The maximum atomic E-state index is 12.7. The number of rotatable bonds is 4. The number of benzene rings is 1. The molecule has 0 saturated heterocycles. The minimum atomic E-state index is -4.43. The number of halogens is 3. The first-order chi connectivity index (χ1) is 9.34. The topological polar surface area (TPSA) is 55.5 Å². The average Bonchev–Trinajstić information content (AvgIpc) is 2.33. The monoisotopic (exact) mass is 289 g/mol. The smallest absolute Gasteiger partial charge is 0.416 e. The molecule has 0 spiro atoms. The molecule has 1 saturated carbocycles. The third kappa shape index (κ3) is 2.91. The third-order valence-corrected chi connectivity index (χ3v) is 3.92. The summed E-state index contributed by atoms with van der Waals surface area (Å²) >= 11 is 0. The lowest BCUT2D eigenvalue weighted by Gasteiger charge is -2.34. The van der Waals surface area contributed by atoms with Crippen LogP contribution in [0.25, 0.3) is 0 Å². The summed E-state index contributed by atoms with van der Waals surface area (Å²) in [7, 11) is 1.29. The van der Waals surface area contributed by atoms with Crippen LogP contribution < -0.4 is 10.5 Å². The van der Waals surface area contributed by atoms with Crippen LogP contribution in [0, 0.1) is 5.92 Å². The Hall–Kier alpha value is -1.27. The predicted molar refractivity (Wildman–Crippen MR) is 68.3 cm³/mol. The molecule has 20 heavy (non-hydrogen) atoms. The Morgan fingerprint density at radius 1 is 1.35 bits per heavy atom. The van der Waals surface area contributed by atoms with Crippen LogP contribution in [0.2, 0.25) is 0 Å². The summed E-state index contributed by atoms with van der Waals surface area (Å²) in [6.45, 7) is 0. The maximum Gasteiger partial charge on any atom is 0.416 e. The van der Waals surface area contributed by atoms with Crippen LogP contribution in [-0.4, -0.2) is 18.3 Å². The Kier molecular flexibility index (Phi) is 4.25. The molecule has 1 aromatic carbocycles. The third-order valence-electron chi connectivity index (χ3n) is 3.92. The Morgan fingerprint density at radius 2 is 2.00 bits per heavy atom. The highest BCUT2D eigenvalue weighted by Gasteiger charge is 2.34. The Bertz CT molecular complexity index is 472. The summed E-state index contributed by atoms with van der Waals surface area (Å²) in [4.78, 5) is 0. The van der Waals surface area contributed by atoms with Crippen molar-refractivity contribution in [3.8, 4) is 5.75 Å². The molecule has 3 nitrogen and oxygen atoms in total. The van der Waals surface area contributed by atoms with Gasteiger partial charge in [0.05, 0.1) is 24.8 Å². The van der Waals surface area contributed by atoms with Crippen LogP contribution in [0.3, 0.4) is 0 Å². The Morgan fingerprint density at radius 3 is 2.45 bits per heavy atom. The predicted octanol–water partition coefficient (Wildman–Crippen LogP) is 2.87. The van der Waals surface area contributed by atoms with Crippen molar-refractivity contribution in [2.75, 3.05) is 7.11 Å². The van der Waals surface area contributed by atoms with Crippen LogP contribution in [0.4, 0.5) is 13.2 Å². The molecule has 0 heterocycles. The van der Waals surface area contributed by atoms with Crippen LogP contribution in [0.5, 0.6) is 5.75 Å². The number of aliphatic hydroxyl groups excluding tert-OH is 1. The molecule has 112 valence electrons. The first-order valence-electron chi connectivity index (χ1n) is 6.53. The Labute approximate surface area is 115 Å². The molecule has 2 atom stereocenters. The van der Waals surface area contributed by atoms with E-state index in [9.17, 15) is 18.3 Å². The lowest BCUT2D eigenvalue weighted by atomic mass is 9.77. The molecule has 1 aromatic rings. The van der Waals surface area contributed by atoms with Gasteiger partial charge in [0.1, 0.15) is 5.75 Å². The first kappa shape index (κ1) is 15.1. The normalized spacial score (nSPS) is 19.3. The van der Waals surface area contributed by atoms with Gasteiger partial charge < -0.3 is 15.6 Å². The fourth-order valence-electron chi connectivity index (χ4n) is 2.42. The van der Waals surface area contributed by atoms with E-state index in [1.54, 1.807) is 0 Å². The van der Waals surface area contributed by atoms with Crippen LogP contribution in [0.1, 0.15) is 36.4 Å². The number of hydrogen-bond donors (Lipinski definition) is 2. The van der Waals surface area contributed by atoms with E-state index >= 15 is 0 Å². The van der Waals surface area contributed by atoms with Crippen molar-refractivity contribution >= 4 is 0 Å². The summed E-state index contributed by atoms with van der Waals surface area (Å²) in [5, 5.41) is 10.1. The average molecular weight is 289 g/mol. The zero-order valence-corrected chi connectivity index (χ0v) is 11.2. The lowest BCUT2D eigenvalue weighted by molar-refractivity contribution is -0.137. The van der Waals surface area contributed by atoms with Crippen molar-refractivity contribution in [1.82, 2.24) is 0 Å². The van der Waals surface area contributed by atoms with Crippen molar-refractivity contribution in [1.29, 1.82) is 0 Å². The zero-order chi connectivity index (χ0) is 14.9. The van der Waals surface area contributed by atoms with Gasteiger partial charge in [-0.3, -0.25) is 0 Å². The van der Waals surface area contributed by atoms with Crippen LogP contribution in [-0.2, 0) is 6.18 Å². The quantitative estimate of drug-likeness (QED) is 0.896. The van der Waals surface area contributed by atoms with Crippen molar-refractivity contribution in [3.63, 3.8) is 0 Å². The maximum absolute atomic E-state index is 12.7. The number of methoxy groups -OCH3 is 1. The summed E-state index contributed by atoms with van der Waals surface area (Å²) in [5.74, 6) is 0.183. The number of ether oxygens (including phenoxy) is 1. The van der Waals surface area contributed by atoms with Crippen molar-refractivity contribution < 1.29 is 23.0 Å². The zero-order valence-electron chi connectivity index (χ0n) is 11.2. The largest absolute Gasteiger partial charge is 0.496 e. The van der Waals surface area contributed by atoms with E-state index in [0.717, 1.165) is 31.4 Å². The highest BCUT2D eigenvalue weighted by atomic mass is 19.4. The van der Waals surface area contributed by atoms with Crippen molar-refractivity contribution in [3.05, 3.63) is 29.3 Å². The molecular formula is C14H18F3NO2. The number of nitrogens with two attached hydrogens (primary N) is 1. The van der Waals surface area contributed by atoms with Gasteiger partial charge in [-0.25, -0.2) is 0 Å². The van der Waals surface area contributed by atoms with E-state index in [-0.39, 0.29) is 11.7 Å². The first-order valence-corrected chi connectivity index (χ1v) is 6.53. The standard InChI is InChI=1S/C14H18F3NO2/c1-20-11-7-9(14(15,16)17)5-6-10(11)12(18)13(19)8-3-2-4-8/h5-8,12-13,19H,2-4,18H2,1H3/t12-,13+/m1/s1. The number of alkyl halides is 3. The van der Waals surface area contributed by atoms with Gasteiger partial charge >= 0.3 is 6.18 Å². The second-order valence-corrected chi connectivity index (χ2v) is 5.16. The summed E-state index contributed by atoms with van der Waals surface area (Å²) in [5.41, 5.74) is 5.59. The van der Waals surface area contributed by atoms with Crippen molar-refractivity contribution in [2.45, 2.75) is 37.6 Å². The van der Waals surface area contributed by atoms with E-state index in [2.05, 4.69) is 0 Å². The molecule has 0 amide bonds. The van der Waals surface area contributed by atoms with Gasteiger partial charge in [0.15, 0.2) is 0 Å². The fourth-order valence-corrected chi connectivity index (χ4v) is 2.42. The highest BCUT2D eigenvalue weighted by molar-refractivity contribution is 5.41. The molecule has 1 aliphatic carbocycles. The van der Waals surface area contributed by atoms with Gasteiger partial charge in [0.2, 0.25) is 0 Å². The van der Waals surface area contributed by atoms with E-state index in [1.807, 2.05) is 0 Å². The number of hydrogen-bond acceptors (Lipinski definition) is 3. The molecule has 0 radical (unpaired) electrons. The molecule has 6 heteroatoms. The lowest BCUT2D eigenvalue weighted by Crippen LogP contribution is -2.36. The Balaban J connectivity index is 2.26. The van der Waals surface area contributed by atoms with Crippen LogP contribution >= 0.6 is 0 Å². The van der Waals surface area contributed by atoms with Gasteiger partial charge in [-0.2, -0.15) is 13.2 Å². The molecule has 2 rings (SSSR count). The van der Waals surface area contributed by atoms with Gasteiger partial charge in [-0.15, -0.1) is 0 Å². The van der Waals surface area contributed by atoms with E-state index < -0.39 is 23.9 Å². The highest BCUT2D eigenvalue weighted by Crippen LogP contribution is 2.39. The van der Waals surface area contributed by atoms with Gasteiger partial charge in [-0.05, 0) is 30.9 Å². The van der Waals surface area contributed by atoms with Gasteiger partial charge in [0, 0.05) is 5.56 Å². The summed E-state index contributed by atoms with van der Waals surface area (Å²) in [6, 6.07) is 2.43. The molecule has 0 unspecified atom stereocenters. The van der Waals surface area contributed by atoms with Crippen LogP contribution in [0.15, 0.2) is 18.2 Å². The molecule has 1 aliphatic rings. The van der Waals surface area contributed by atoms with Gasteiger partial charge in [-0.1, -0.05) is 12.5 Å². The molecule has 0 aliphatic heterocycles. The van der Waals surface area contributed by atoms with E-state index in [0.29, 0.717) is 5.56 Å². The molecule has 3 N–H and O–H groups in total.